The third kappa shape index (κ3) is 6.55. The van der Waals surface area contributed by atoms with E-state index < -0.39 is 0 Å². The van der Waals surface area contributed by atoms with Gasteiger partial charge in [0.05, 0.1) is 11.4 Å². The Balaban J connectivity index is 1.84. The lowest BCUT2D eigenvalue weighted by atomic mass is 9.86. The summed E-state index contributed by atoms with van der Waals surface area (Å²) in [6, 6.07) is 16.6. The summed E-state index contributed by atoms with van der Waals surface area (Å²) < 4.78 is 1.70. The molecule has 0 saturated carbocycles. The van der Waals surface area contributed by atoms with Crippen molar-refractivity contribution in [2.45, 2.75) is 72.3 Å². The Morgan fingerprint density at radius 1 is 0.944 bits per heavy atom. The number of rotatable bonds is 6. The van der Waals surface area contributed by atoms with E-state index in [9.17, 15) is 9.59 Å². The average Bonchev–Trinajstić information content (AvgIpc) is 3.21. The number of carbonyl (C=O) groups excluding carboxylic acids is 2. The van der Waals surface area contributed by atoms with E-state index in [0.717, 1.165) is 16.9 Å². The normalized spacial score (nSPS) is 12.1. The number of nitrogens with zero attached hydrogens (tertiary/aromatic N) is 3. The van der Waals surface area contributed by atoms with Crippen molar-refractivity contribution in [2.75, 3.05) is 11.9 Å². The molecule has 36 heavy (non-hydrogen) atoms. The van der Waals surface area contributed by atoms with E-state index in [1.807, 2.05) is 56.3 Å². The zero-order valence-corrected chi connectivity index (χ0v) is 23.3. The first-order valence-corrected chi connectivity index (χ1v) is 12.6. The number of halogens is 1. The molecule has 2 amide bonds. The molecule has 192 valence electrons. The van der Waals surface area contributed by atoms with Crippen molar-refractivity contribution < 1.29 is 9.59 Å². The maximum atomic E-state index is 13.3. The lowest BCUT2D eigenvalue weighted by Crippen LogP contribution is -2.42. The van der Waals surface area contributed by atoms with Crippen LogP contribution in [-0.4, -0.2) is 39.1 Å². The number of benzene rings is 2. The maximum Gasteiger partial charge on any atom is 0.254 e. The van der Waals surface area contributed by atoms with E-state index in [2.05, 4.69) is 46.9 Å². The lowest BCUT2D eigenvalue weighted by Gasteiger charge is -2.27. The second kappa shape index (κ2) is 10.5. The molecule has 0 aliphatic carbocycles. The van der Waals surface area contributed by atoms with Gasteiger partial charge in [-0.1, -0.05) is 65.3 Å². The molecule has 0 saturated heterocycles. The second-order valence-corrected chi connectivity index (χ2v) is 11.9. The molecule has 0 bridgehead atoms. The van der Waals surface area contributed by atoms with Crippen LogP contribution in [0.1, 0.15) is 77.0 Å². The van der Waals surface area contributed by atoms with Crippen LogP contribution in [0.3, 0.4) is 0 Å². The highest BCUT2D eigenvalue weighted by Crippen LogP contribution is 2.27. The van der Waals surface area contributed by atoms with E-state index in [1.54, 1.807) is 21.7 Å². The van der Waals surface area contributed by atoms with Crippen molar-refractivity contribution >= 4 is 29.2 Å². The Bertz CT molecular complexity index is 1210. The summed E-state index contributed by atoms with van der Waals surface area (Å²) in [5.41, 5.74) is 3.11. The molecule has 7 heteroatoms. The first-order chi connectivity index (χ1) is 16.7. The van der Waals surface area contributed by atoms with Gasteiger partial charge in [-0.15, -0.1) is 0 Å². The van der Waals surface area contributed by atoms with Gasteiger partial charge < -0.3 is 10.2 Å². The summed E-state index contributed by atoms with van der Waals surface area (Å²) in [7, 11) is 0. The van der Waals surface area contributed by atoms with Crippen LogP contribution in [0.2, 0.25) is 5.02 Å². The number of amides is 2. The van der Waals surface area contributed by atoms with Gasteiger partial charge in [0.15, 0.2) is 0 Å². The van der Waals surface area contributed by atoms with Gasteiger partial charge in [-0.05, 0) is 61.2 Å². The van der Waals surface area contributed by atoms with Crippen LogP contribution < -0.4 is 5.32 Å². The van der Waals surface area contributed by atoms with E-state index in [1.165, 1.54) is 0 Å². The van der Waals surface area contributed by atoms with Crippen LogP contribution in [0.5, 0.6) is 0 Å². The molecule has 0 aliphatic rings. The minimum absolute atomic E-state index is 0.00184. The van der Waals surface area contributed by atoms with Gasteiger partial charge in [-0.2, -0.15) is 5.10 Å². The van der Waals surface area contributed by atoms with Crippen LogP contribution in [0, 0.1) is 0 Å². The topological polar surface area (TPSA) is 67.2 Å². The van der Waals surface area contributed by atoms with Crippen molar-refractivity contribution in [1.29, 1.82) is 0 Å². The molecule has 0 unspecified atom stereocenters. The average molecular weight is 509 g/mol. The summed E-state index contributed by atoms with van der Waals surface area (Å²) >= 11 is 6.06. The molecule has 0 radical (unpaired) electrons. The fourth-order valence-electron chi connectivity index (χ4n) is 3.72. The monoisotopic (exact) mass is 508 g/mol. The largest absolute Gasteiger partial charge is 0.327 e. The van der Waals surface area contributed by atoms with Crippen LogP contribution in [0.4, 0.5) is 5.82 Å². The molecular formula is C29H37ClN4O2. The van der Waals surface area contributed by atoms with Gasteiger partial charge in [-0.25, -0.2) is 4.68 Å². The third-order valence-corrected chi connectivity index (χ3v) is 6.26. The Labute approximate surface area is 219 Å². The highest BCUT2D eigenvalue weighted by Gasteiger charge is 2.25. The molecule has 1 N–H and O–H groups in total. The molecule has 0 fully saturated rings. The van der Waals surface area contributed by atoms with Crippen LogP contribution in [0.25, 0.3) is 5.69 Å². The number of aromatic nitrogens is 2. The fraction of sp³-hybridized carbons (Fsp3) is 0.414. The highest BCUT2D eigenvalue weighted by molar-refractivity contribution is 6.30. The van der Waals surface area contributed by atoms with Gasteiger partial charge in [0.2, 0.25) is 5.91 Å². The summed E-state index contributed by atoms with van der Waals surface area (Å²) in [5.74, 6) is 0.0686. The summed E-state index contributed by atoms with van der Waals surface area (Å²) in [4.78, 5) is 28.1. The summed E-state index contributed by atoms with van der Waals surface area (Å²) in [5, 5.41) is 8.33. The Morgan fingerprint density at radius 3 is 2.03 bits per heavy atom. The number of carbonyl (C=O) groups is 2. The Kier molecular flexibility index (Phi) is 7.99. The molecule has 0 atom stereocenters. The van der Waals surface area contributed by atoms with Crippen molar-refractivity contribution in [1.82, 2.24) is 14.7 Å². The van der Waals surface area contributed by atoms with Crippen LogP contribution in [0.15, 0.2) is 54.6 Å². The predicted molar refractivity (Wildman–Crippen MR) is 147 cm³/mol. The van der Waals surface area contributed by atoms with E-state index >= 15 is 0 Å². The maximum absolute atomic E-state index is 13.3. The van der Waals surface area contributed by atoms with Crippen molar-refractivity contribution in [3.63, 3.8) is 0 Å². The molecular weight excluding hydrogens is 472 g/mol. The SMILES string of the molecule is CC(C)N(CC(=O)Nc1cc(C(C)(C)C)nn1-c1ccc(Cl)cc1)C(=O)c1ccc(C(C)(C)C)cc1. The second-order valence-electron chi connectivity index (χ2n) is 11.5. The standard InChI is InChI=1S/C29H37ClN4O2/c1-19(2)33(27(36)20-9-11-21(12-10-20)28(3,4)5)18-26(35)31-25-17-24(29(6,7)8)32-34(25)23-15-13-22(30)14-16-23/h9-17,19H,18H2,1-8H3,(H,31,35). The van der Waals surface area contributed by atoms with Crippen molar-refractivity contribution in [3.05, 3.63) is 76.4 Å². The fourth-order valence-corrected chi connectivity index (χ4v) is 3.85. The first-order valence-electron chi connectivity index (χ1n) is 12.2. The molecule has 3 aromatic rings. The molecule has 3 rings (SSSR count). The number of anilines is 1. The van der Waals surface area contributed by atoms with E-state index in [4.69, 9.17) is 16.7 Å². The van der Waals surface area contributed by atoms with E-state index in [0.29, 0.717) is 16.4 Å². The minimum Gasteiger partial charge on any atom is -0.327 e. The van der Waals surface area contributed by atoms with Crippen LogP contribution >= 0.6 is 11.6 Å². The number of nitrogens with one attached hydrogen (secondary N) is 1. The first kappa shape index (κ1) is 27.5. The van der Waals surface area contributed by atoms with E-state index in [-0.39, 0.29) is 35.2 Å². The smallest absolute Gasteiger partial charge is 0.254 e. The molecule has 0 spiro atoms. The lowest BCUT2D eigenvalue weighted by molar-refractivity contribution is -0.117. The molecule has 6 nitrogen and oxygen atoms in total. The minimum atomic E-state index is -0.293. The predicted octanol–water partition coefficient (Wildman–Crippen LogP) is 6.61. The van der Waals surface area contributed by atoms with Crippen molar-refractivity contribution in [3.8, 4) is 5.69 Å². The third-order valence-electron chi connectivity index (χ3n) is 6.01. The molecule has 1 aromatic heterocycles. The molecule has 1 heterocycles. The van der Waals surface area contributed by atoms with Gasteiger partial charge in [0.1, 0.15) is 12.4 Å². The van der Waals surface area contributed by atoms with Gasteiger partial charge in [-0.3, -0.25) is 9.59 Å². The molecule has 2 aromatic carbocycles. The van der Waals surface area contributed by atoms with Crippen molar-refractivity contribution in [2.24, 2.45) is 0 Å². The summed E-state index contributed by atoms with van der Waals surface area (Å²) in [6.45, 7) is 16.3. The highest BCUT2D eigenvalue weighted by atomic mass is 35.5. The zero-order chi connectivity index (χ0) is 26.8. The summed E-state index contributed by atoms with van der Waals surface area (Å²) in [6.07, 6.45) is 0. The van der Waals surface area contributed by atoms with Gasteiger partial charge >= 0.3 is 0 Å². The zero-order valence-electron chi connectivity index (χ0n) is 22.5. The van der Waals surface area contributed by atoms with Gasteiger partial charge in [0.25, 0.3) is 5.91 Å². The quantitative estimate of drug-likeness (QED) is 0.407. The van der Waals surface area contributed by atoms with Gasteiger partial charge in [0, 0.05) is 28.1 Å². The Hall–Kier alpha value is -3.12. The van der Waals surface area contributed by atoms with Crippen LogP contribution in [-0.2, 0) is 15.6 Å². The Morgan fingerprint density at radius 2 is 1.53 bits per heavy atom. The number of hydrogen-bond donors (Lipinski definition) is 1. The number of hydrogen-bond acceptors (Lipinski definition) is 3. The molecule has 0 aliphatic heterocycles.